The Labute approximate surface area is 147 Å². The van der Waals surface area contributed by atoms with Crippen molar-refractivity contribution < 1.29 is 14.7 Å². The summed E-state index contributed by atoms with van der Waals surface area (Å²) in [6.45, 7) is 0. The van der Waals surface area contributed by atoms with E-state index in [-0.39, 0.29) is 5.91 Å². The Morgan fingerprint density at radius 2 is 1.44 bits per heavy atom. The van der Waals surface area contributed by atoms with E-state index in [1.807, 2.05) is 54.6 Å². The molecule has 3 rings (SSSR count). The summed E-state index contributed by atoms with van der Waals surface area (Å²) in [4.78, 5) is 24.1. The Kier molecular flexibility index (Phi) is 5.33. The van der Waals surface area contributed by atoms with Crippen LogP contribution < -0.4 is 10.6 Å². The van der Waals surface area contributed by atoms with E-state index in [0.29, 0.717) is 18.5 Å². The zero-order valence-electron chi connectivity index (χ0n) is 13.9. The lowest BCUT2D eigenvalue weighted by Gasteiger charge is -2.27. The van der Waals surface area contributed by atoms with E-state index in [2.05, 4.69) is 10.6 Å². The fourth-order valence-corrected chi connectivity index (χ4v) is 3.34. The van der Waals surface area contributed by atoms with Crippen molar-refractivity contribution in [1.29, 1.82) is 0 Å². The van der Waals surface area contributed by atoms with Gasteiger partial charge in [-0.25, -0.2) is 0 Å². The predicted octanol–water partition coefficient (Wildman–Crippen LogP) is 4.26. The van der Waals surface area contributed by atoms with Crippen molar-refractivity contribution in [3.8, 4) is 0 Å². The van der Waals surface area contributed by atoms with E-state index >= 15 is 0 Å². The summed E-state index contributed by atoms with van der Waals surface area (Å²) in [5, 5.41) is 15.6. The number of carboxylic acids is 1. The second kappa shape index (κ2) is 7.83. The van der Waals surface area contributed by atoms with Crippen molar-refractivity contribution in [2.75, 3.05) is 10.6 Å². The number of carbonyl (C=O) groups is 2. The Hall–Kier alpha value is -2.82. The van der Waals surface area contributed by atoms with E-state index in [1.54, 1.807) is 0 Å². The molecule has 1 saturated carbocycles. The molecule has 2 aromatic carbocycles. The van der Waals surface area contributed by atoms with Gasteiger partial charge >= 0.3 is 5.97 Å². The Balaban J connectivity index is 1.76. The summed E-state index contributed by atoms with van der Waals surface area (Å²) in [5.41, 5.74) is 2.36. The molecule has 0 unspecified atom stereocenters. The average Bonchev–Trinajstić information content (AvgIpc) is 2.64. The highest BCUT2D eigenvalue weighted by Crippen LogP contribution is 2.32. The Morgan fingerprint density at radius 1 is 0.840 bits per heavy atom. The minimum atomic E-state index is -0.879. The molecule has 5 nitrogen and oxygen atoms in total. The van der Waals surface area contributed by atoms with Gasteiger partial charge < -0.3 is 15.7 Å². The number of hydrogen-bond acceptors (Lipinski definition) is 3. The second-order valence-corrected chi connectivity index (χ2v) is 6.36. The summed E-state index contributed by atoms with van der Waals surface area (Å²) >= 11 is 0. The fraction of sp³-hybridized carbons (Fsp3) is 0.300. The number of carboxylic acid groups (broad SMARTS) is 1. The van der Waals surface area contributed by atoms with Gasteiger partial charge in [0.25, 0.3) is 0 Å². The third kappa shape index (κ3) is 4.18. The molecule has 0 bridgehead atoms. The molecule has 0 aliphatic heterocycles. The van der Waals surface area contributed by atoms with Gasteiger partial charge in [0.15, 0.2) is 0 Å². The fourth-order valence-electron chi connectivity index (χ4n) is 3.34. The van der Waals surface area contributed by atoms with E-state index in [9.17, 15) is 14.7 Å². The number of amides is 1. The quantitative estimate of drug-likeness (QED) is 0.761. The maximum absolute atomic E-state index is 12.7. The van der Waals surface area contributed by atoms with Gasteiger partial charge in [0, 0.05) is 5.69 Å². The van der Waals surface area contributed by atoms with E-state index in [4.69, 9.17) is 0 Å². The Morgan fingerprint density at radius 3 is 2.12 bits per heavy atom. The van der Waals surface area contributed by atoms with Crippen LogP contribution in [0.3, 0.4) is 0 Å². The van der Waals surface area contributed by atoms with E-state index in [0.717, 1.165) is 24.2 Å². The van der Waals surface area contributed by atoms with Gasteiger partial charge in [-0.15, -0.1) is 0 Å². The van der Waals surface area contributed by atoms with Crippen LogP contribution in [0, 0.1) is 11.8 Å². The van der Waals surface area contributed by atoms with Crippen molar-refractivity contribution in [3.63, 3.8) is 0 Å². The SMILES string of the molecule is O=C(Nc1ccccc1Nc1ccccc1)[C@H]1CCCC[C@H]1C(=O)O. The minimum Gasteiger partial charge on any atom is -0.481 e. The van der Waals surface area contributed by atoms with Crippen LogP contribution in [0.4, 0.5) is 17.1 Å². The van der Waals surface area contributed by atoms with Crippen molar-refractivity contribution >= 4 is 28.9 Å². The number of rotatable bonds is 5. The van der Waals surface area contributed by atoms with Crippen molar-refractivity contribution in [1.82, 2.24) is 0 Å². The molecule has 1 fully saturated rings. The van der Waals surface area contributed by atoms with Crippen molar-refractivity contribution in [2.24, 2.45) is 11.8 Å². The molecule has 130 valence electrons. The molecule has 0 spiro atoms. The largest absolute Gasteiger partial charge is 0.481 e. The molecule has 0 aromatic heterocycles. The molecular weight excluding hydrogens is 316 g/mol. The highest BCUT2D eigenvalue weighted by atomic mass is 16.4. The second-order valence-electron chi connectivity index (χ2n) is 6.36. The van der Waals surface area contributed by atoms with Crippen LogP contribution in [0.15, 0.2) is 54.6 Å². The first kappa shape index (κ1) is 17.0. The van der Waals surface area contributed by atoms with Crippen LogP contribution in [-0.4, -0.2) is 17.0 Å². The molecule has 3 N–H and O–H groups in total. The molecular formula is C20H22N2O3. The molecule has 1 aliphatic carbocycles. The van der Waals surface area contributed by atoms with Crippen LogP contribution in [0.2, 0.25) is 0 Å². The maximum Gasteiger partial charge on any atom is 0.307 e. The molecule has 2 aromatic rings. The zero-order valence-corrected chi connectivity index (χ0v) is 13.9. The smallest absolute Gasteiger partial charge is 0.307 e. The number of para-hydroxylation sites is 3. The highest BCUT2D eigenvalue weighted by molar-refractivity contribution is 5.98. The van der Waals surface area contributed by atoms with Gasteiger partial charge in [-0.05, 0) is 37.1 Å². The van der Waals surface area contributed by atoms with Crippen molar-refractivity contribution in [3.05, 3.63) is 54.6 Å². The number of nitrogens with one attached hydrogen (secondary N) is 2. The van der Waals surface area contributed by atoms with Crippen LogP contribution >= 0.6 is 0 Å². The van der Waals surface area contributed by atoms with E-state index in [1.165, 1.54) is 0 Å². The van der Waals surface area contributed by atoms with Crippen LogP contribution in [0.5, 0.6) is 0 Å². The van der Waals surface area contributed by atoms with Gasteiger partial charge in [-0.2, -0.15) is 0 Å². The standard InChI is InChI=1S/C20H22N2O3/c23-19(15-10-4-5-11-16(15)20(24)25)22-18-13-7-6-12-17(18)21-14-8-2-1-3-9-14/h1-3,6-9,12-13,15-16,21H,4-5,10-11H2,(H,22,23)(H,24,25)/t15-,16+/m0/s1. The normalized spacial score (nSPS) is 19.8. The molecule has 0 radical (unpaired) electrons. The van der Waals surface area contributed by atoms with E-state index < -0.39 is 17.8 Å². The lowest BCUT2D eigenvalue weighted by molar-refractivity contribution is -0.147. The van der Waals surface area contributed by atoms with Crippen LogP contribution in [0.1, 0.15) is 25.7 Å². The van der Waals surface area contributed by atoms with Gasteiger partial charge in [-0.3, -0.25) is 9.59 Å². The number of anilines is 3. The lowest BCUT2D eigenvalue weighted by Crippen LogP contribution is -2.36. The minimum absolute atomic E-state index is 0.214. The summed E-state index contributed by atoms with van der Waals surface area (Å²) in [7, 11) is 0. The molecule has 0 heterocycles. The first-order valence-electron chi connectivity index (χ1n) is 8.60. The summed E-state index contributed by atoms with van der Waals surface area (Å²) in [5.74, 6) is -2.16. The molecule has 1 aliphatic rings. The van der Waals surface area contributed by atoms with Gasteiger partial charge in [0.1, 0.15) is 0 Å². The topological polar surface area (TPSA) is 78.4 Å². The van der Waals surface area contributed by atoms with Gasteiger partial charge in [-0.1, -0.05) is 43.2 Å². The number of benzene rings is 2. The average molecular weight is 338 g/mol. The van der Waals surface area contributed by atoms with Crippen LogP contribution in [-0.2, 0) is 9.59 Å². The summed E-state index contributed by atoms with van der Waals surface area (Å²) in [6, 6.07) is 17.1. The Bertz CT molecular complexity index is 746. The van der Waals surface area contributed by atoms with Gasteiger partial charge in [0.2, 0.25) is 5.91 Å². The van der Waals surface area contributed by atoms with Crippen molar-refractivity contribution in [2.45, 2.75) is 25.7 Å². The number of carbonyl (C=O) groups excluding carboxylic acids is 1. The van der Waals surface area contributed by atoms with Crippen LogP contribution in [0.25, 0.3) is 0 Å². The predicted molar refractivity (Wildman–Crippen MR) is 97.9 cm³/mol. The molecule has 5 heteroatoms. The lowest BCUT2D eigenvalue weighted by atomic mass is 9.78. The third-order valence-corrected chi connectivity index (χ3v) is 4.66. The summed E-state index contributed by atoms with van der Waals surface area (Å²) in [6.07, 6.45) is 2.95. The third-order valence-electron chi connectivity index (χ3n) is 4.66. The monoisotopic (exact) mass is 338 g/mol. The van der Waals surface area contributed by atoms with Gasteiger partial charge in [0.05, 0.1) is 23.2 Å². The first-order chi connectivity index (χ1) is 12.1. The zero-order chi connectivity index (χ0) is 17.6. The molecule has 25 heavy (non-hydrogen) atoms. The highest BCUT2D eigenvalue weighted by Gasteiger charge is 2.35. The maximum atomic E-state index is 12.7. The first-order valence-corrected chi connectivity index (χ1v) is 8.60. The molecule has 1 amide bonds. The summed E-state index contributed by atoms with van der Waals surface area (Å²) < 4.78 is 0. The number of hydrogen-bond donors (Lipinski definition) is 3. The molecule has 0 saturated heterocycles. The molecule has 2 atom stereocenters. The number of aliphatic carboxylic acids is 1.